The van der Waals surface area contributed by atoms with Crippen LogP contribution < -0.4 is 5.32 Å². The topological polar surface area (TPSA) is 74.3 Å². The van der Waals surface area contributed by atoms with Crippen molar-refractivity contribution in [2.24, 2.45) is 0 Å². The fourth-order valence-corrected chi connectivity index (χ4v) is 6.18. The molecule has 40 heavy (non-hydrogen) atoms. The minimum absolute atomic E-state index is 0.0159. The maximum atomic E-state index is 11.9. The number of rotatable bonds is 9. The van der Waals surface area contributed by atoms with Crippen LogP contribution in [0.15, 0.2) is 48.5 Å². The Morgan fingerprint density at radius 3 is 2.25 bits per heavy atom. The lowest BCUT2D eigenvalue weighted by Crippen LogP contribution is -2.45. The van der Waals surface area contributed by atoms with Gasteiger partial charge in [0, 0.05) is 37.7 Å². The molecule has 2 N–H and O–H groups in total. The third kappa shape index (κ3) is 7.90. The van der Waals surface area contributed by atoms with Crippen molar-refractivity contribution in [2.75, 3.05) is 32.7 Å². The Bertz CT molecular complexity index is 1110. The largest absolute Gasteiger partial charge is 0.392 e. The van der Waals surface area contributed by atoms with Crippen LogP contribution >= 0.6 is 34.8 Å². The first-order valence-electron chi connectivity index (χ1n) is 14.2. The van der Waals surface area contributed by atoms with Gasteiger partial charge in [0.15, 0.2) is 6.29 Å². The van der Waals surface area contributed by atoms with E-state index in [0.717, 1.165) is 48.3 Å². The molecule has 0 aliphatic carbocycles. The molecule has 218 valence electrons. The van der Waals surface area contributed by atoms with Crippen molar-refractivity contribution in [1.29, 1.82) is 0 Å². The smallest absolute Gasteiger partial charge is 0.272 e. The number of carbonyl (C=O) groups is 1. The summed E-state index contributed by atoms with van der Waals surface area (Å²) in [6, 6.07) is 16.3. The minimum atomic E-state index is -1.99. The summed E-state index contributed by atoms with van der Waals surface area (Å²) in [5.74, 6) is -0.664. The van der Waals surface area contributed by atoms with Crippen LogP contribution in [0, 0.1) is 0 Å². The summed E-state index contributed by atoms with van der Waals surface area (Å²) >= 11 is 17.0. The van der Waals surface area contributed by atoms with Gasteiger partial charge in [-0.3, -0.25) is 9.69 Å². The molecular weight excluding hydrogens is 573 g/mol. The van der Waals surface area contributed by atoms with Gasteiger partial charge in [0.2, 0.25) is 0 Å². The number of aliphatic hydroxyl groups excluding tert-OH is 1. The van der Waals surface area contributed by atoms with Crippen LogP contribution in [0.2, 0.25) is 0 Å². The summed E-state index contributed by atoms with van der Waals surface area (Å²) in [6.07, 6.45) is 5.23. The van der Waals surface area contributed by atoms with Crippen LogP contribution in [-0.2, 0) is 27.4 Å². The molecule has 3 heterocycles. The van der Waals surface area contributed by atoms with Gasteiger partial charge in [-0.2, -0.15) is 0 Å². The van der Waals surface area contributed by atoms with Crippen LogP contribution in [0.3, 0.4) is 0 Å². The summed E-state index contributed by atoms with van der Waals surface area (Å²) in [5, 5.41) is 12.1. The molecule has 0 radical (unpaired) electrons. The number of nitrogens with zero attached hydrogens (tertiary/aromatic N) is 2. The van der Waals surface area contributed by atoms with Crippen molar-refractivity contribution in [3.05, 3.63) is 70.8 Å². The van der Waals surface area contributed by atoms with Crippen molar-refractivity contribution < 1.29 is 19.4 Å². The van der Waals surface area contributed by atoms with E-state index < -0.39 is 16.0 Å². The number of ether oxygens (including phenoxy) is 2. The predicted octanol–water partition coefficient (Wildman–Crippen LogP) is 5.27. The molecule has 10 heteroatoms. The highest BCUT2D eigenvalue weighted by molar-refractivity contribution is 6.76. The molecule has 3 aliphatic heterocycles. The van der Waals surface area contributed by atoms with Crippen molar-refractivity contribution in [3.63, 3.8) is 0 Å². The summed E-state index contributed by atoms with van der Waals surface area (Å²) < 4.78 is 11.1. The number of alkyl halides is 3. The third-order valence-electron chi connectivity index (χ3n) is 8.18. The molecule has 2 aromatic carbocycles. The van der Waals surface area contributed by atoms with E-state index >= 15 is 0 Å². The van der Waals surface area contributed by atoms with E-state index in [2.05, 4.69) is 15.1 Å². The number of hydrogen-bond acceptors (Lipinski definition) is 6. The third-order valence-corrected chi connectivity index (χ3v) is 8.70. The first kappa shape index (κ1) is 30.1. The Hall–Kier alpha value is -1.42. The fraction of sp³-hybridized carbons (Fsp3) is 0.567. The van der Waals surface area contributed by atoms with Crippen molar-refractivity contribution in [2.45, 2.75) is 73.6 Å². The number of aliphatic hydroxyl groups is 1. The van der Waals surface area contributed by atoms with E-state index in [1.165, 1.54) is 38.8 Å². The summed E-state index contributed by atoms with van der Waals surface area (Å²) in [6.45, 7) is 5.83. The average Bonchev–Trinajstić information content (AvgIpc) is 3.64. The summed E-state index contributed by atoms with van der Waals surface area (Å²) in [5.41, 5.74) is 3.74. The number of nitrogens with one attached hydrogen (secondary N) is 1. The first-order chi connectivity index (χ1) is 19.3. The molecule has 0 spiro atoms. The van der Waals surface area contributed by atoms with Gasteiger partial charge in [0.25, 0.3) is 9.70 Å². The van der Waals surface area contributed by atoms with Crippen LogP contribution in [0.25, 0.3) is 0 Å². The maximum Gasteiger partial charge on any atom is 0.272 e. The Morgan fingerprint density at radius 2 is 1.57 bits per heavy atom. The van der Waals surface area contributed by atoms with E-state index in [9.17, 15) is 9.90 Å². The average molecular weight is 611 g/mol. The van der Waals surface area contributed by atoms with E-state index in [-0.39, 0.29) is 25.4 Å². The monoisotopic (exact) mass is 609 g/mol. The highest BCUT2D eigenvalue weighted by atomic mass is 35.6. The molecule has 0 saturated carbocycles. The Kier molecular flexibility index (Phi) is 10.3. The molecule has 5 rings (SSSR count). The SMILES string of the molecule is O=C(NCc1ccc([C@H]2O[C@@H](CN3CCC[C@H]3CN3CCCC3)C[C@@H](c3ccc(CO)cc3)O2)cc1)C(Cl)(Cl)Cl. The van der Waals surface area contributed by atoms with E-state index in [4.69, 9.17) is 44.3 Å². The maximum absolute atomic E-state index is 11.9. The van der Waals surface area contributed by atoms with Gasteiger partial charge in [-0.15, -0.1) is 0 Å². The van der Waals surface area contributed by atoms with Gasteiger partial charge in [-0.1, -0.05) is 83.3 Å². The number of benzene rings is 2. The molecule has 3 fully saturated rings. The lowest BCUT2D eigenvalue weighted by molar-refractivity contribution is -0.253. The molecule has 2 aromatic rings. The Morgan fingerprint density at radius 1 is 0.900 bits per heavy atom. The molecule has 7 nitrogen and oxygen atoms in total. The Balaban J connectivity index is 1.28. The van der Waals surface area contributed by atoms with Gasteiger partial charge in [-0.25, -0.2) is 0 Å². The quantitative estimate of drug-likeness (QED) is 0.377. The number of halogens is 3. The molecule has 1 amide bonds. The zero-order chi connectivity index (χ0) is 28.1. The highest BCUT2D eigenvalue weighted by Gasteiger charge is 2.36. The fourth-order valence-electron chi connectivity index (χ4n) is 5.98. The number of likely N-dealkylation sites (tertiary alicyclic amines) is 2. The summed E-state index contributed by atoms with van der Waals surface area (Å²) in [7, 11) is 0. The van der Waals surface area contributed by atoms with Gasteiger partial charge in [0.05, 0.1) is 18.8 Å². The van der Waals surface area contributed by atoms with Crippen LogP contribution in [-0.4, -0.2) is 69.5 Å². The van der Waals surface area contributed by atoms with Gasteiger partial charge in [-0.05, 0) is 62.0 Å². The molecule has 3 saturated heterocycles. The van der Waals surface area contributed by atoms with E-state index in [0.29, 0.717) is 6.04 Å². The van der Waals surface area contributed by atoms with Gasteiger partial charge < -0.3 is 24.8 Å². The zero-order valence-electron chi connectivity index (χ0n) is 22.6. The lowest BCUT2D eigenvalue weighted by atomic mass is 9.99. The molecular formula is C30H38Cl3N3O4. The number of amides is 1. The first-order valence-corrected chi connectivity index (χ1v) is 15.3. The second kappa shape index (κ2) is 13.7. The van der Waals surface area contributed by atoms with Gasteiger partial charge in [0.1, 0.15) is 0 Å². The van der Waals surface area contributed by atoms with Crippen LogP contribution in [0.4, 0.5) is 0 Å². The lowest BCUT2D eigenvalue weighted by Gasteiger charge is -2.39. The van der Waals surface area contributed by atoms with E-state index in [1.54, 1.807) is 0 Å². The summed E-state index contributed by atoms with van der Waals surface area (Å²) in [4.78, 5) is 17.1. The molecule has 4 atom stereocenters. The highest BCUT2D eigenvalue weighted by Crippen LogP contribution is 2.39. The molecule has 0 bridgehead atoms. The second-order valence-corrected chi connectivity index (χ2v) is 13.4. The number of hydrogen-bond donors (Lipinski definition) is 2. The molecule has 0 aromatic heterocycles. The van der Waals surface area contributed by atoms with Crippen LogP contribution in [0.5, 0.6) is 0 Å². The number of carbonyl (C=O) groups excluding carboxylic acids is 1. The Labute approximate surface area is 251 Å². The van der Waals surface area contributed by atoms with Gasteiger partial charge >= 0.3 is 0 Å². The minimum Gasteiger partial charge on any atom is -0.392 e. The molecule has 0 unspecified atom stereocenters. The van der Waals surface area contributed by atoms with E-state index in [1.807, 2.05) is 48.5 Å². The predicted molar refractivity (Wildman–Crippen MR) is 157 cm³/mol. The normalized spacial score (nSPS) is 26.3. The molecule has 3 aliphatic rings. The zero-order valence-corrected chi connectivity index (χ0v) is 24.9. The van der Waals surface area contributed by atoms with Crippen molar-refractivity contribution in [3.8, 4) is 0 Å². The van der Waals surface area contributed by atoms with Crippen LogP contribution in [0.1, 0.15) is 66.8 Å². The second-order valence-electron chi connectivity index (χ2n) is 11.1. The van der Waals surface area contributed by atoms with Crippen molar-refractivity contribution >= 4 is 40.7 Å². The standard InChI is InChI=1S/C30H38Cl3N3O4/c31-30(32,33)29(38)34-17-21-5-11-24(12-6-21)28-39-26(16-27(40-28)23-9-7-22(20-37)8-10-23)19-36-15-3-4-25(36)18-35-13-1-2-14-35/h5-12,25-28,37H,1-4,13-20H2,(H,34,38)/t25-,26+,27-,28-/m0/s1. The van der Waals surface area contributed by atoms with Crippen molar-refractivity contribution in [1.82, 2.24) is 15.1 Å².